The van der Waals surface area contributed by atoms with Crippen molar-refractivity contribution in [1.82, 2.24) is 29.7 Å². The molecule has 8 heteroatoms. The fraction of sp³-hybridized carbons (Fsp3) is 0.333. The van der Waals surface area contributed by atoms with Gasteiger partial charge >= 0.3 is 0 Å². The minimum absolute atomic E-state index is 0.244. The monoisotopic (exact) mass is 352 g/mol. The highest BCUT2D eigenvalue weighted by atomic mass is 16.3. The van der Waals surface area contributed by atoms with Crippen LogP contribution < -0.4 is 5.32 Å². The van der Waals surface area contributed by atoms with Gasteiger partial charge in [-0.3, -0.25) is 14.7 Å². The van der Waals surface area contributed by atoms with Crippen molar-refractivity contribution >= 4 is 16.9 Å². The summed E-state index contributed by atoms with van der Waals surface area (Å²) < 4.78 is 2.06. The highest BCUT2D eigenvalue weighted by Gasteiger charge is 2.33. The zero-order valence-electron chi connectivity index (χ0n) is 14.4. The molecule has 3 heterocycles. The molecule has 8 nitrogen and oxygen atoms in total. The number of para-hydroxylation sites is 2. The van der Waals surface area contributed by atoms with E-state index in [9.17, 15) is 9.90 Å². The Hall–Kier alpha value is -2.84. The third kappa shape index (κ3) is 3.16. The van der Waals surface area contributed by atoms with Gasteiger partial charge in [-0.25, -0.2) is 9.97 Å². The molecule has 0 saturated carbocycles. The molecule has 1 aromatic carbocycles. The standard InChI is InChI=1S/C18H20N6O2/c1-23-15-5-3-2-4-12(15)21-17(23)11-24-9-14(16(25)10-24)22-18(26)13-8-19-6-7-20-13/h2-8,14,16,25H,9-11H2,1H3,(H,22,26)/t14-,16-/m1/s1. The second-order valence-electron chi connectivity index (χ2n) is 6.51. The fourth-order valence-electron chi connectivity index (χ4n) is 3.33. The summed E-state index contributed by atoms with van der Waals surface area (Å²) in [6.07, 6.45) is 3.76. The zero-order valence-corrected chi connectivity index (χ0v) is 14.4. The van der Waals surface area contributed by atoms with Crippen LogP contribution in [0.25, 0.3) is 11.0 Å². The second-order valence-corrected chi connectivity index (χ2v) is 6.51. The number of hydrogen-bond donors (Lipinski definition) is 2. The first-order valence-electron chi connectivity index (χ1n) is 8.49. The summed E-state index contributed by atoms with van der Waals surface area (Å²) >= 11 is 0. The van der Waals surface area contributed by atoms with Crippen molar-refractivity contribution in [3.8, 4) is 0 Å². The molecule has 2 atom stereocenters. The van der Waals surface area contributed by atoms with Gasteiger partial charge in [0.1, 0.15) is 11.5 Å². The molecule has 1 aliphatic rings. The Bertz CT molecular complexity index is 926. The third-order valence-corrected chi connectivity index (χ3v) is 4.72. The molecular formula is C18H20N6O2. The number of nitrogens with zero attached hydrogens (tertiary/aromatic N) is 5. The number of β-amino-alcohol motifs (C(OH)–C–C–N with tert-alkyl or cyclic N) is 1. The molecule has 2 aromatic heterocycles. The van der Waals surface area contributed by atoms with Crippen molar-refractivity contribution in [2.75, 3.05) is 13.1 Å². The van der Waals surface area contributed by atoms with Gasteiger partial charge in [0.25, 0.3) is 5.91 Å². The number of aliphatic hydroxyl groups is 1. The number of rotatable bonds is 4. The molecule has 134 valence electrons. The highest BCUT2D eigenvalue weighted by Crippen LogP contribution is 2.18. The van der Waals surface area contributed by atoms with Gasteiger partial charge in [-0.1, -0.05) is 12.1 Å². The van der Waals surface area contributed by atoms with Gasteiger partial charge in [-0.2, -0.15) is 0 Å². The van der Waals surface area contributed by atoms with E-state index in [0.29, 0.717) is 19.6 Å². The topological polar surface area (TPSA) is 96.2 Å². The van der Waals surface area contributed by atoms with Crippen LogP contribution in [0.2, 0.25) is 0 Å². The van der Waals surface area contributed by atoms with Gasteiger partial charge in [0.05, 0.1) is 35.9 Å². The van der Waals surface area contributed by atoms with Gasteiger partial charge in [0, 0.05) is 32.5 Å². The first kappa shape index (κ1) is 16.6. The van der Waals surface area contributed by atoms with Gasteiger partial charge in [0.2, 0.25) is 0 Å². The lowest BCUT2D eigenvalue weighted by Crippen LogP contribution is -2.43. The first-order chi connectivity index (χ1) is 12.6. The number of aromatic nitrogens is 4. The number of fused-ring (bicyclic) bond motifs is 1. The zero-order chi connectivity index (χ0) is 18.1. The number of aryl methyl sites for hydroxylation is 1. The Kier molecular flexibility index (Phi) is 4.36. The number of benzene rings is 1. The fourth-order valence-corrected chi connectivity index (χ4v) is 3.33. The molecule has 1 fully saturated rings. The molecule has 0 bridgehead atoms. The molecular weight excluding hydrogens is 332 g/mol. The lowest BCUT2D eigenvalue weighted by Gasteiger charge is -2.16. The number of carbonyl (C=O) groups excluding carboxylic acids is 1. The van der Waals surface area contributed by atoms with Crippen molar-refractivity contribution in [3.05, 3.63) is 54.4 Å². The van der Waals surface area contributed by atoms with E-state index in [-0.39, 0.29) is 17.6 Å². The number of nitrogens with one attached hydrogen (secondary N) is 1. The van der Waals surface area contributed by atoms with E-state index in [0.717, 1.165) is 16.9 Å². The normalized spacial score (nSPS) is 20.5. The highest BCUT2D eigenvalue weighted by molar-refractivity contribution is 5.92. The predicted molar refractivity (Wildman–Crippen MR) is 95.3 cm³/mol. The molecule has 4 rings (SSSR count). The molecule has 0 aliphatic carbocycles. The van der Waals surface area contributed by atoms with E-state index in [1.54, 1.807) is 0 Å². The van der Waals surface area contributed by atoms with Crippen LogP contribution in [0.1, 0.15) is 16.3 Å². The predicted octanol–water partition coefficient (Wildman–Crippen LogP) is 0.338. The molecule has 26 heavy (non-hydrogen) atoms. The van der Waals surface area contributed by atoms with Crippen molar-refractivity contribution in [1.29, 1.82) is 0 Å². The maximum absolute atomic E-state index is 12.2. The Balaban J connectivity index is 1.43. The van der Waals surface area contributed by atoms with E-state index >= 15 is 0 Å². The van der Waals surface area contributed by atoms with Crippen molar-refractivity contribution < 1.29 is 9.90 Å². The average Bonchev–Trinajstić information content (AvgIpc) is 3.16. The Morgan fingerprint density at radius 2 is 2.15 bits per heavy atom. The number of aliphatic hydroxyl groups excluding tert-OH is 1. The van der Waals surface area contributed by atoms with Crippen LogP contribution in [0.15, 0.2) is 42.9 Å². The quantitative estimate of drug-likeness (QED) is 0.703. The van der Waals surface area contributed by atoms with Crippen molar-refractivity contribution in [2.45, 2.75) is 18.7 Å². The summed E-state index contributed by atoms with van der Waals surface area (Å²) in [5.74, 6) is 0.603. The Labute approximate surface area is 150 Å². The molecule has 0 radical (unpaired) electrons. The van der Waals surface area contributed by atoms with Gasteiger partial charge in [-0.05, 0) is 12.1 Å². The van der Waals surface area contributed by atoms with E-state index in [2.05, 4.69) is 29.7 Å². The molecule has 1 amide bonds. The number of likely N-dealkylation sites (tertiary alicyclic amines) is 1. The lowest BCUT2D eigenvalue weighted by atomic mass is 10.2. The summed E-state index contributed by atoms with van der Waals surface area (Å²) in [5.41, 5.74) is 2.28. The summed E-state index contributed by atoms with van der Waals surface area (Å²) in [6, 6.07) is 7.64. The van der Waals surface area contributed by atoms with Gasteiger partial charge in [0.15, 0.2) is 0 Å². The van der Waals surface area contributed by atoms with Gasteiger partial charge < -0.3 is 15.0 Å². The van der Waals surface area contributed by atoms with E-state index in [4.69, 9.17) is 0 Å². The maximum atomic E-state index is 12.2. The first-order valence-corrected chi connectivity index (χ1v) is 8.49. The average molecular weight is 352 g/mol. The molecule has 1 saturated heterocycles. The summed E-state index contributed by atoms with van der Waals surface area (Å²) in [7, 11) is 1.99. The Morgan fingerprint density at radius 3 is 2.92 bits per heavy atom. The molecule has 0 unspecified atom stereocenters. The smallest absolute Gasteiger partial charge is 0.271 e. The summed E-state index contributed by atoms with van der Waals surface area (Å²) in [6.45, 7) is 1.64. The number of hydrogen-bond acceptors (Lipinski definition) is 6. The third-order valence-electron chi connectivity index (χ3n) is 4.72. The van der Waals surface area contributed by atoms with E-state index in [1.807, 2.05) is 31.3 Å². The Morgan fingerprint density at radius 1 is 1.31 bits per heavy atom. The van der Waals surface area contributed by atoms with E-state index in [1.165, 1.54) is 18.6 Å². The van der Waals surface area contributed by atoms with E-state index < -0.39 is 6.10 Å². The van der Waals surface area contributed by atoms with Crippen LogP contribution in [0.5, 0.6) is 0 Å². The minimum Gasteiger partial charge on any atom is -0.390 e. The van der Waals surface area contributed by atoms with Crippen molar-refractivity contribution in [3.63, 3.8) is 0 Å². The molecule has 2 N–H and O–H groups in total. The van der Waals surface area contributed by atoms with Crippen molar-refractivity contribution in [2.24, 2.45) is 7.05 Å². The van der Waals surface area contributed by atoms with Crippen LogP contribution in [0, 0.1) is 0 Å². The van der Waals surface area contributed by atoms with Crippen LogP contribution in [0.4, 0.5) is 0 Å². The number of carbonyl (C=O) groups is 1. The maximum Gasteiger partial charge on any atom is 0.271 e. The van der Waals surface area contributed by atoms with Gasteiger partial charge in [-0.15, -0.1) is 0 Å². The molecule has 0 spiro atoms. The SMILES string of the molecule is Cn1c(CN2C[C@@H](O)[C@H](NC(=O)c3cnccn3)C2)nc2ccccc21. The minimum atomic E-state index is -0.634. The largest absolute Gasteiger partial charge is 0.390 e. The lowest BCUT2D eigenvalue weighted by molar-refractivity contribution is 0.0883. The summed E-state index contributed by atoms with van der Waals surface area (Å²) in [4.78, 5) is 26.9. The van der Waals surface area contributed by atoms with Crippen LogP contribution in [-0.2, 0) is 13.6 Å². The number of imidazole rings is 1. The van der Waals surface area contributed by atoms with Crippen LogP contribution >= 0.6 is 0 Å². The second kappa shape index (κ2) is 6.81. The summed E-state index contributed by atoms with van der Waals surface area (Å²) in [5, 5.41) is 13.2. The molecule has 1 aliphatic heterocycles. The number of amides is 1. The molecule has 3 aromatic rings. The van der Waals surface area contributed by atoms with Crippen LogP contribution in [-0.4, -0.2) is 60.7 Å². The van der Waals surface area contributed by atoms with Crippen LogP contribution in [0.3, 0.4) is 0 Å².